The quantitative estimate of drug-likeness (QED) is 0.916. The average Bonchev–Trinajstić information content (AvgIpc) is 3.43. The van der Waals surface area contributed by atoms with Gasteiger partial charge in [-0.15, -0.1) is 0 Å². The zero-order valence-electron chi connectivity index (χ0n) is 14.0. The van der Waals surface area contributed by atoms with E-state index in [1.807, 2.05) is 54.6 Å². The van der Waals surface area contributed by atoms with E-state index in [1.165, 1.54) is 5.56 Å². The van der Waals surface area contributed by atoms with E-state index in [-0.39, 0.29) is 23.7 Å². The molecule has 0 spiro atoms. The van der Waals surface area contributed by atoms with Crippen LogP contribution in [0.4, 0.5) is 11.4 Å². The van der Waals surface area contributed by atoms with Crippen molar-refractivity contribution in [2.45, 2.75) is 19.8 Å². The molecule has 4 nitrogen and oxygen atoms in total. The third kappa shape index (κ3) is 3.48. The van der Waals surface area contributed by atoms with E-state index in [1.54, 1.807) is 11.9 Å². The number of carbonyl (C=O) groups is 2. The number of hydrogen-bond acceptors (Lipinski definition) is 2. The summed E-state index contributed by atoms with van der Waals surface area (Å²) in [6.45, 7) is 2.09. The van der Waals surface area contributed by atoms with Crippen molar-refractivity contribution in [3.05, 3.63) is 60.2 Å². The molecule has 0 saturated heterocycles. The van der Waals surface area contributed by atoms with Crippen LogP contribution in [0.5, 0.6) is 0 Å². The minimum Gasteiger partial charge on any atom is -0.326 e. The van der Waals surface area contributed by atoms with Crippen LogP contribution >= 0.6 is 0 Å². The van der Waals surface area contributed by atoms with Gasteiger partial charge in [-0.2, -0.15) is 0 Å². The molecule has 1 saturated carbocycles. The molecule has 2 amide bonds. The molecule has 0 aliphatic heterocycles. The standard InChI is InChI=1S/C20H22N2O2/c1-3-14-9-11-15(12-10-14)21-19(23)17-13-18(17)20(24)22(2)16-7-5-4-6-8-16/h4-12,17-18H,3,13H2,1-2H3,(H,21,23). The van der Waals surface area contributed by atoms with Crippen molar-refractivity contribution in [3.63, 3.8) is 0 Å². The largest absolute Gasteiger partial charge is 0.326 e. The Kier molecular flexibility index (Phi) is 4.65. The molecule has 2 unspecified atom stereocenters. The highest BCUT2D eigenvalue weighted by Gasteiger charge is 2.49. The van der Waals surface area contributed by atoms with Gasteiger partial charge in [-0.05, 0) is 42.7 Å². The monoisotopic (exact) mass is 322 g/mol. The first-order valence-electron chi connectivity index (χ1n) is 8.32. The van der Waals surface area contributed by atoms with Gasteiger partial charge in [-0.25, -0.2) is 0 Å². The predicted molar refractivity (Wildman–Crippen MR) is 95.9 cm³/mol. The van der Waals surface area contributed by atoms with Gasteiger partial charge in [0.2, 0.25) is 11.8 Å². The van der Waals surface area contributed by atoms with Gasteiger partial charge < -0.3 is 10.2 Å². The lowest BCUT2D eigenvalue weighted by Crippen LogP contribution is -2.29. The van der Waals surface area contributed by atoms with Gasteiger partial charge in [0.1, 0.15) is 0 Å². The second-order valence-corrected chi connectivity index (χ2v) is 6.22. The van der Waals surface area contributed by atoms with Crippen molar-refractivity contribution in [2.24, 2.45) is 11.8 Å². The van der Waals surface area contributed by atoms with Crippen molar-refractivity contribution in [3.8, 4) is 0 Å². The van der Waals surface area contributed by atoms with Crippen LogP contribution in [-0.2, 0) is 16.0 Å². The lowest BCUT2D eigenvalue weighted by Gasteiger charge is -2.17. The van der Waals surface area contributed by atoms with E-state index in [0.717, 1.165) is 17.8 Å². The third-order valence-electron chi connectivity index (χ3n) is 4.55. The molecule has 1 aliphatic carbocycles. The molecule has 0 bridgehead atoms. The second kappa shape index (κ2) is 6.87. The summed E-state index contributed by atoms with van der Waals surface area (Å²) in [5.74, 6) is -0.513. The number of anilines is 2. The Bertz CT molecular complexity index is 725. The van der Waals surface area contributed by atoms with Crippen LogP contribution in [0, 0.1) is 11.8 Å². The van der Waals surface area contributed by atoms with Crippen LogP contribution in [0.3, 0.4) is 0 Å². The van der Waals surface area contributed by atoms with E-state index < -0.39 is 0 Å². The molecular weight excluding hydrogens is 300 g/mol. The number of nitrogens with zero attached hydrogens (tertiary/aromatic N) is 1. The summed E-state index contributed by atoms with van der Waals surface area (Å²) in [6.07, 6.45) is 1.59. The van der Waals surface area contributed by atoms with Crippen LogP contribution in [0.2, 0.25) is 0 Å². The molecule has 4 heteroatoms. The first-order chi connectivity index (χ1) is 11.6. The smallest absolute Gasteiger partial charge is 0.230 e. The molecule has 0 aromatic heterocycles. The number of para-hydroxylation sites is 1. The van der Waals surface area contributed by atoms with Gasteiger partial charge in [-0.3, -0.25) is 9.59 Å². The molecule has 1 fully saturated rings. The number of carbonyl (C=O) groups excluding carboxylic acids is 2. The van der Waals surface area contributed by atoms with Crippen LogP contribution in [0.1, 0.15) is 18.9 Å². The molecule has 124 valence electrons. The lowest BCUT2D eigenvalue weighted by atomic mass is 10.1. The van der Waals surface area contributed by atoms with E-state index >= 15 is 0 Å². The zero-order chi connectivity index (χ0) is 17.1. The molecule has 24 heavy (non-hydrogen) atoms. The summed E-state index contributed by atoms with van der Waals surface area (Å²) in [6, 6.07) is 17.3. The highest BCUT2D eigenvalue weighted by Crippen LogP contribution is 2.41. The van der Waals surface area contributed by atoms with Gasteiger partial charge in [0, 0.05) is 18.4 Å². The minimum atomic E-state index is -0.227. The number of nitrogens with one attached hydrogen (secondary N) is 1. The summed E-state index contributed by atoms with van der Waals surface area (Å²) in [7, 11) is 1.76. The maximum atomic E-state index is 12.5. The fourth-order valence-electron chi connectivity index (χ4n) is 2.84. The fraction of sp³-hybridized carbons (Fsp3) is 0.300. The van der Waals surface area contributed by atoms with Gasteiger partial charge in [0.05, 0.1) is 11.8 Å². The van der Waals surface area contributed by atoms with Crippen molar-refractivity contribution < 1.29 is 9.59 Å². The molecule has 2 aromatic rings. The number of rotatable bonds is 5. The van der Waals surface area contributed by atoms with Crippen LogP contribution < -0.4 is 10.2 Å². The third-order valence-corrected chi connectivity index (χ3v) is 4.55. The summed E-state index contributed by atoms with van der Waals surface area (Å²) in [5.41, 5.74) is 2.87. The minimum absolute atomic E-state index is 0.00248. The molecule has 3 rings (SSSR count). The summed E-state index contributed by atoms with van der Waals surface area (Å²) in [5, 5.41) is 2.91. The van der Waals surface area contributed by atoms with Gasteiger partial charge in [0.15, 0.2) is 0 Å². The Morgan fingerprint density at radius 2 is 1.71 bits per heavy atom. The van der Waals surface area contributed by atoms with E-state index in [2.05, 4.69) is 12.2 Å². The van der Waals surface area contributed by atoms with Crippen LogP contribution in [0.15, 0.2) is 54.6 Å². The highest BCUT2D eigenvalue weighted by atomic mass is 16.2. The van der Waals surface area contributed by atoms with Crippen LogP contribution in [0.25, 0.3) is 0 Å². The van der Waals surface area contributed by atoms with Crippen molar-refractivity contribution in [1.29, 1.82) is 0 Å². The molecule has 2 atom stereocenters. The first kappa shape index (κ1) is 16.2. The van der Waals surface area contributed by atoms with Crippen LogP contribution in [-0.4, -0.2) is 18.9 Å². The molecular formula is C20H22N2O2. The maximum absolute atomic E-state index is 12.5. The average molecular weight is 322 g/mol. The SMILES string of the molecule is CCc1ccc(NC(=O)C2CC2C(=O)N(C)c2ccccc2)cc1. The van der Waals surface area contributed by atoms with Gasteiger partial charge >= 0.3 is 0 Å². The number of hydrogen-bond donors (Lipinski definition) is 1. The molecule has 2 aromatic carbocycles. The molecule has 1 aliphatic rings. The lowest BCUT2D eigenvalue weighted by molar-refractivity contribution is -0.123. The van der Waals surface area contributed by atoms with E-state index in [0.29, 0.717) is 6.42 Å². The number of aryl methyl sites for hydroxylation is 1. The molecule has 1 N–H and O–H groups in total. The Labute approximate surface area is 142 Å². The van der Waals surface area contributed by atoms with Crippen molar-refractivity contribution in [2.75, 3.05) is 17.3 Å². The van der Waals surface area contributed by atoms with Crippen molar-refractivity contribution >= 4 is 23.2 Å². The Hall–Kier alpha value is -2.62. The maximum Gasteiger partial charge on any atom is 0.230 e. The number of benzene rings is 2. The number of amides is 2. The highest BCUT2D eigenvalue weighted by molar-refractivity contribution is 6.04. The van der Waals surface area contributed by atoms with Gasteiger partial charge in [-0.1, -0.05) is 37.3 Å². The second-order valence-electron chi connectivity index (χ2n) is 6.22. The zero-order valence-corrected chi connectivity index (χ0v) is 14.0. The summed E-state index contributed by atoms with van der Waals surface area (Å²) >= 11 is 0. The Balaban J connectivity index is 1.57. The Morgan fingerprint density at radius 1 is 1.04 bits per heavy atom. The van der Waals surface area contributed by atoms with Gasteiger partial charge in [0.25, 0.3) is 0 Å². The topological polar surface area (TPSA) is 49.4 Å². The fourth-order valence-corrected chi connectivity index (χ4v) is 2.84. The van der Waals surface area contributed by atoms with E-state index in [9.17, 15) is 9.59 Å². The van der Waals surface area contributed by atoms with Crippen molar-refractivity contribution in [1.82, 2.24) is 0 Å². The summed E-state index contributed by atoms with van der Waals surface area (Å²) in [4.78, 5) is 26.5. The predicted octanol–water partition coefficient (Wildman–Crippen LogP) is 3.49. The van der Waals surface area contributed by atoms with E-state index in [4.69, 9.17) is 0 Å². The first-order valence-corrected chi connectivity index (χ1v) is 8.32. The molecule has 0 radical (unpaired) electrons. The Morgan fingerprint density at radius 3 is 2.33 bits per heavy atom. The molecule has 0 heterocycles. The normalized spacial score (nSPS) is 18.8. The summed E-state index contributed by atoms with van der Waals surface area (Å²) < 4.78 is 0.